The van der Waals surface area contributed by atoms with Gasteiger partial charge in [0.2, 0.25) is 0 Å². The number of Topliss-reactive ketones (excluding diaryl/α,β-unsaturated/α-hetero) is 1. The lowest BCUT2D eigenvalue weighted by molar-refractivity contribution is -0.127. The first-order valence-corrected chi connectivity index (χ1v) is 7.63. The molecule has 120 valence electrons. The summed E-state index contributed by atoms with van der Waals surface area (Å²) in [5, 5.41) is 3.43. The third-order valence-electron chi connectivity index (χ3n) is 3.30. The van der Waals surface area contributed by atoms with Gasteiger partial charge in [-0.15, -0.1) is 0 Å². The van der Waals surface area contributed by atoms with Crippen LogP contribution in [0.15, 0.2) is 48.5 Å². The maximum absolute atomic E-state index is 12.1. The number of nitrogens with one attached hydrogen (secondary N) is 1. The number of hydrogen-bond acceptors (Lipinski definition) is 3. The summed E-state index contributed by atoms with van der Waals surface area (Å²) in [6, 6.07) is 14.0. The molecule has 0 aliphatic carbocycles. The van der Waals surface area contributed by atoms with Gasteiger partial charge in [-0.3, -0.25) is 9.59 Å². The van der Waals surface area contributed by atoms with E-state index in [0.29, 0.717) is 22.9 Å². The Kier molecular flexibility index (Phi) is 5.77. The van der Waals surface area contributed by atoms with E-state index in [9.17, 15) is 9.59 Å². The summed E-state index contributed by atoms with van der Waals surface area (Å²) in [6.45, 7) is 3.56. The Morgan fingerprint density at radius 2 is 1.87 bits per heavy atom. The number of carbonyl (C=O) groups is 2. The molecule has 0 saturated carbocycles. The van der Waals surface area contributed by atoms with Crippen LogP contribution < -0.4 is 10.1 Å². The molecule has 1 atom stereocenters. The van der Waals surface area contributed by atoms with E-state index in [1.54, 1.807) is 43.3 Å². The molecule has 0 fully saturated rings. The molecule has 2 aromatic rings. The zero-order valence-electron chi connectivity index (χ0n) is 13.0. The van der Waals surface area contributed by atoms with Gasteiger partial charge in [-0.25, -0.2) is 0 Å². The molecule has 0 aromatic heterocycles. The van der Waals surface area contributed by atoms with Crippen molar-refractivity contribution in [2.45, 2.75) is 26.5 Å². The Morgan fingerprint density at radius 1 is 1.17 bits per heavy atom. The molecular weight excluding hydrogens is 314 g/mol. The van der Waals surface area contributed by atoms with Gasteiger partial charge in [0.05, 0.1) is 0 Å². The molecule has 4 nitrogen and oxygen atoms in total. The average molecular weight is 332 g/mol. The quantitative estimate of drug-likeness (QED) is 0.822. The molecule has 1 N–H and O–H groups in total. The maximum atomic E-state index is 12.1. The van der Waals surface area contributed by atoms with Crippen molar-refractivity contribution in [3.05, 3.63) is 64.7 Å². The second kappa shape index (κ2) is 7.79. The fraction of sp³-hybridized carbons (Fsp3) is 0.222. The summed E-state index contributed by atoms with van der Waals surface area (Å²) in [5.74, 6) is 0.310. The van der Waals surface area contributed by atoms with Crippen LogP contribution in [0.4, 0.5) is 0 Å². The van der Waals surface area contributed by atoms with Crippen molar-refractivity contribution in [3.8, 4) is 5.75 Å². The van der Waals surface area contributed by atoms with Crippen LogP contribution in [0.25, 0.3) is 0 Å². The number of rotatable bonds is 6. The summed E-state index contributed by atoms with van der Waals surface area (Å²) >= 11 is 5.90. The van der Waals surface area contributed by atoms with Gasteiger partial charge < -0.3 is 10.1 Å². The van der Waals surface area contributed by atoms with Crippen molar-refractivity contribution in [2.75, 3.05) is 0 Å². The van der Waals surface area contributed by atoms with Crippen LogP contribution in [0.3, 0.4) is 0 Å². The van der Waals surface area contributed by atoms with E-state index in [0.717, 1.165) is 5.56 Å². The SMILES string of the molecule is CC(=O)c1ccc(O[C@H](C)C(=O)NCc2cccc(Cl)c2)cc1. The Balaban J connectivity index is 1.88. The van der Waals surface area contributed by atoms with Gasteiger partial charge in [0.1, 0.15) is 5.75 Å². The molecule has 23 heavy (non-hydrogen) atoms. The number of ketones is 1. The lowest BCUT2D eigenvalue weighted by Gasteiger charge is -2.15. The van der Waals surface area contributed by atoms with Crippen LogP contribution in [-0.2, 0) is 11.3 Å². The molecule has 2 aromatic carbocycles. The van der Waals surface area contributed by atoms with Crippen LogP contribution in [0.2, 0.25) is 5.02 Å². The third-order valence-corrected chi connectivity index (χ3v) is 3.53. The van der Waals surface area contributed by atoms with E-state index >= 15 is 0 Å². The molecule has 0 bridgehead atoms. The summed E-state index contributed by atoms with van der Waals surface area (Å²) in [6.07, 6.45) is -0.641. The third kappa shape index (κ3) is 5.11. The highest BCUT2D eigenvalue weighted by Gasteiger charge is 2.14. The molecule has 0 spiro atoms. The second-order valence-electron chi connectivity index (χ2n) is 5.19. The molecule has 1 amide bonds. The monoisotopic (exact) mass is 331 g/mol. The van der Waals surface area contributed by atoms with Gasteiger partial charge in [-0.2, -0.15) is 0 Å². The van der Waals surface area contributed by atoms with Gasteiger partial charge in [0.25, 0.3) is 5.91 Å². The van der Waals surface area contributed by atoms with E-state index in [-0.39, 0.29) is 11.7 Å². The summed E-state index contributed by atoms with van der Waals surface area (Å²) in [7, 11) is 0. The summed E-state index contributed by atoms with van der Waals surface area (Å²) < 4.78 is 5.57. The first-order valence-electron chi connectivity index (χ1n) is 7.25. The number of amides is 1. The van der Waals surface area contributed by atoms with E-state index in [2.05, 4.69) is 5.32 Å². The summed E-state index contributed by atoms with van der Waals surface area (Å²) in [4.78, 5) is 23.3. The molecule has 0 aliphatic heterocycles. The minimum atomic E-state index is -0.641. The van der Waals surface area contributed by atoms with Crippen LogP contribution in [0.1, 0.15) is 29.8 Å². The van der Waals surface area contributed by atoms with Gasteiger partial charge in [0.15, 0.2) is 11.9 Å². The standard InChI is InChI=1S/C18H18ClNO3/c1-12(21)15-6-8-17(9-7-15)23-13(2)18(22)20-11-14-4-3-5-16(19)10-14/h3-10,13H,11H2,1-2H3,(H,20,22)/t13-/m1/s1. The lowest BCUT2D eigenvalue weighted by atomic mass is 10.1. The number of benzene rings is 2. The molecule has 0 saturated heterocycles. The predicted molar refractivity (Wildman–Crippen MR) is 89.8 cm³/mol. The molecule has 0 aliphatic rings. The fourth-order valence-electron chi connectivity index (χ4n) is 2.01. The van der Waals surface area contributed by atoms with E-state index < -0.39 is 6.10 Å². The van der Waals surface area contributed by atoms with E-state index in [4.69, 9.17) is 16.3 Å². The highest BCUT2D eigenvalue weighted by molar-refractivity contribution is 6.30. The molecule has 0 heterocycles. The Morgan fingerprint density at radius 3 is 2.48 bits per heavy atom. The van der Waals surface area contributed by atoms with Crippen LogP contribution >= 0.6 is 11.6 Å². The van der Waals surface area contributed by atoms with Crippen LogP contribution in [-0.4, -0.2) is 17.8 Å². The summed E-state index contributed by atoms with van der Waals surface area (Å²) in [5.41, 5.74) is 1.53. The Hall–Kier alpha value is -2.33. The van der Waals surface area contributed by atoms with Gasteiger partial charge >= 0.3 is 0 Å². The van der Waals surface area contributed by atoms with Crippen LogP contribution in [0.5, 0.6) is 5.75 Å². The van der Waals surface area contributed by atoms with E-state index in [1.165, 1.54) is 6.92 Å². The first-order chi connectivity index (χ1) is 11.0. The van der Waals surface area contributed by atoms with Gasteiger partial charge in [-0.05, 0) is 55.8 Å². The maximum Gasteiger partial charge on any atom is 0.261 e. The van der Waals surface area contributed by atoms with Crippen molar-refractivity contribution >= 4 is 23.3 Å². The predicted octanol–water partition coefficient (Wildman–Crippen LogP) is 3.63. The number of ether oxygens (including phenoxy) is 1. The van der Waals surface area contributed by atoms with E-state index in [1.807, 2.05) is 12.1 Å². The smallest absolute Gasteiger partial charge is 0.261 e. The second-order valence-corrected chi connectivity index (χ2v) is 5.62. The first kappa shape index (κ1) is 17.0. The minimum Gasteiger partial charge on any atom is -0.481 e. The van der Waals surface area contributed by atoms with Crippen molar-refractivity contribution in [3.63, 3.8) is 0 Å². The highest BCUT2D eigenvalue weighted by atomic mass is 35.5. The average Bonchev–Trinajstić information content (AvgIpc) is 2.53. The zero-order valence-corrected chi connectivity index (χ0v) is 13.8. The molecular formula is C18H18ClNO3. The Labute approximate surface area is 140 Å². The number of carbonyl (C=O) groups excluding carboxylic acids is 2. The number of hydrogen-bond donors (Lipinski definition) is 1. The largest absolute Gasteiger partial charge is 0.481 e. The lowest BCUT2D eigenvalue weighted by Crippen LogP contribution is -2.35. The van der Waals surface area contributed by atoms with Crippen molar-refractivity contribution in [2.24, 2.45) is 0 Å². The van der Waals surface area contributed by atoms with Crippen LogP contribution in [0, 0.1) is 0 Å². The number of halogens is 1. The topological polar surface area (TPSA) is 55.4 Å². The molecule has 0 unspecified atom stereocenters. The zero-order chi connectivity index (χ0) is 16.8. The fourth-order valence-corrected chi connectivity index (χ4v) is 2.22. The molecule has 0 radical (unpaired) electrons. The highest BCUT2D eigenvalue weighted by Crippen LogP contribution is 2.15. The van der Waals surface area contributed by atoms with Crippen molar-refractivity contribution in [1.29, 1.82) is 0 Å². The minimum absolute atomic E-state index is 0.0103. The van der Waals surface area contributed by atoms with Gasteiger partial charge in [-0.1, -0.05) is 23.7 Å². The van der Waals surface area contributed by atoms with Crippen molar-refractivity contribution < 1.29 is 14.3 Å². The van der Waals surface area contributed by atoms with Crippen molar-refractivity contribution in [1.82, 2.24) is 5.32 Å². The normalized spacial score (nSPS) is 11.6. The molecule has 2 rings (SSSR count). The molecule has 5 heteroatoms. The van der Waals surface area contributed by atoms with Gasteiger partial charge in [0, 0.05) is 17.1 Å². The Bertz CT molecular complexity index is 698.